The number of aryl methyl sites for hydroxylation is 1. The minimum absolute atomic E-state index is 0.330. The Balaban J connectivity index is 1.62. The second kappa shape index (κ2) is 6.68. The van der Waals surface area contributed by atoms with E-state index in [9.17, 15) is 8.42 Å². The molecule has 23 heavy (non-hydrogen) atoms. The highest BCUT2D eigenvalue weighted by molar-refractivity contribution is 9.10. The average molecular weight is 402 g/mol. The number of hydrogen-bond acceptors (Lipinski definition) is 5. The monoisotopic (exact) mass is 401 g/mol. The van der Waals surface area contributed by atoms with E-state index in [2.05, 4.69) is 26.1 Å². The largest absolute Gasteiger partial charge is 0.420 e. The molecule has 2 heterocycles. The number of halogens is 1. The zero-order valence-electron chi connectivity index (χ0n) is 12.7. The molecule has 1 fully saturated rings. The Morgan fingerprint density at radius 3 is 2.43 bits per heavy atom. The first-order valence-corrected chi connectivity index (χ1v) is 9.57. The molecule has 1 N–H and O–H groups in total. The van der Waals surface area contributed by atoms with Gasteiger partial charge in [0.25, 0.3) is 5.89 Å². The van der Waals surface area contributed by atoms with Gasteiger partial charge in [-0.15, -0.1) is 10.2 Å². The normalized spacial score (nSPS) is 17.5. The smallest absolute Gasteiger partial charge is 0.271 e. The Morgan fingerprint density at radius 1 is 1.22 bits per heavy atom. The first kappa shape index (κ1) is 16.6. The molecule has 0 saturated carbocycles. The van der Waals surface area contributed by atoms with Crippen LogP contribution in [0.2, 0.25) is 0 Å². The molecule has 0 aliphatic carbocycles. The van der Waals surface area contributed by atoms with Gasteiger partial charge < -0.3 is 9.32 Å². The van der Waals surface area contributed by atoms with Gasteiger partial charge in [0, 0.05) is 11.4 Å². The van der Waals surface area contributed by atoms with Crippen molar-refractivity contribution in [1.29, 1.82) is 0 Å². The van der Waals surface area contributed by atoms with Crippen molar-refractivity contribution in [3.05, 3.63) is 40.5 Å². The van der Waals surface area contributed by atoms with Gasteiger partial charge in [0.1, 0.15) is 0 Å². The molecule has 0 atom stereocenters. The van der Waals surface area contributed by atoms with E-state index in [-0.39, 0.29) is 0 Å². The highest BCUT2D eigenvalue weighted by atomic mass is 79.9. The molecule has 0 spiro atoms. The fourth-order valence-electron chi connectivity index (χ4n) is 2.60. The molecule has 1 aromatic heterocycles. The van der Waals surface area contributed by atoms with E-state index in [0.717, 1.165) is 17.6 Å². The summed E-state index contributed by atoms with van der Waals surface area (Å²) >= 11 is 3.32. The van der Waals surface area contributed by atoms with Crippen LogP contribution in [0.5, 0.6) is 0 Å². The zero-order valence-corrected chi connectivity index (χ0v) is 15.1. The lowest BCUT2D eigenvalue weighted by Crippen LogP contribution is -3.13. The van der Waals surface area contributed by atoms with Crippen LogP contribution in [0.15, 0.2) is 38.1 Å². The second-order valence-electron chi connectivity index (χ2n) is 5.50. The third-order valence-corrected chi connectivity index (χ3v) is 6.29. The Labute approximate surface area is 143 Å². The van der Waals surface area contributed by atoms with Crippen molar-refractivity contribution in [2.75, 3.05) is 26.2 Å². The van der Waals surface area contributed by atoms with Gasteiger partial charge in [0.05, 0.1) is 31.1 Å². The van der Waals surface area contributed by atoms with Gasteiger partial charge in [-0.25, -0.2) is 8.42 Å². The summed E-state index contributed by atoms with van der Waals surface area (Å²) in [6.45, 7) is 4.80. The van der Waals surface area contributed by atoms with Gasteiger partial charge in [-0.05, 0) is 24.3 Å². The molecule has 7 nitrogen and oxygen atoms in total. The summed E-state index contributed by atoms with van der Waals surface area (Å²) in [4.78, 5) is 1.58. The number of nitrogens with one attached hydrogen (secondary N) is 1. The van der Waals surface area contributed by atoms with Crippen molar-refractivity contribution >= 4 is 26.0 Å². The van der Waals surface area contributed by atoms with Gasteiger partial charge in [-0.1, -0.05) is 15.9 Å². The fraction of sp³-hybridized carbons (Fsp3) is 0.429. The quantitative estimate of drug-likeness (QED) is 0.792. The third kappa shape index (κ3) is 3.79. The maximum Gasteiger partial charge on any atom is 0.271 e. The van der Waals surface area contributed by atoms with Crippen molar-refractivity contribution in [3.63, 3.8) is 0 Å². The lowest BCUT2D eigenvalue weighted by Gasteiger charge is -2.30. The lowest BCUT2D eigenvalue weighted by molar-refractivity contribution is -0.918. The van der Waals surface area contributed by atoms with Crippen LogP contribution in [-0.4, -0.2) is 49.1 Å². The topological polar surface area (TPSA) is 80.7 Å². The Bertz CT molecular complexity index is 768. The van der Waals surface area contributed by atoms with Crippen LogP contribution in [0.4, 0.5) is 0 Å². The molecule has 0 amide bonds. The Morgan fingerprint density at radius 2 is 1.87 bits per heavy atom. The van der Waals surface area contributed by atoms with Crippen molar-refractivity contribution in [1.82, 2.24) is 14.5 Å². The first-order chi connectivity index (χ1) is 10.9. The minimum Gasteiger partial charge on any atom is -0.420 e. The predicted octanol–water partition coefficient (Wildman–Crippen LogP) is 0.230. The number of sulfonamides is 1. The average Bonchev–Trinajstić information content (AvgIpc) is 2.93. The molecule has 1 aromatic carbocycles. The number of quaternary nitrogens is 1. The number of hydrogen-bond donors (Lipinski definition) is 1. The second-order valence-corrected chi connectivity index (χ2v) is 8.35. The summed E-state index contributed by atoms with van der Waals surface area (Å²) in [5.74, 6) is 1.15. The molecule has 2 aromatic rings. The van der Waals surface area contributed by atoms with E-state index in [1.165, 1.54) is 4.90 Å². The van der Waals surface area contributed by atoms with E-state index in [1.54, 1.807) is 35.5 Å². The van der Waals surface area contributed by atoms with E-state index in [1.807, 2.05) is 0 Å². The number of rotatable bonds is 4. The SMILES string of the molecule is Cc1nnc(C[NH+]2CCN(S(=O)(=O)c3ccc(Br)cc3)CC2)o1. The van der Waals surface area contributed by atoms with Crippen LogP contribution >= 0.6 is 15.9 Å². The van der Waals surface area contributed by atoms with E-state index < -0.39 is 10.0 Å². The maximum absolute atomic E-state index is 12.6. The summed E-state index contributed by atoms with van der Waals surface area (Å²) in [5.41, 5.74) is 0. The number of nitrogens with zero attached hydrogens (tertiary/aromatic N) is 3. The maximum atomic E-state index is 12.6. The van der Waals surface area contributed by atoms with Gasteiger partial charge in [0.15, 0.2) is 6.54 Å². The summed E-state index contributed by atoms with van der Waals surface area (Å²) in [7, 11) is -3.42. The van der Waals surface area contributed by atoms with Crippen molar-refractivity contribution in [2.24, 2.45) is 0 Å². The van der Waals surface area contributed by atoms with Gasteiger partial charge in [0.2, 0.25) is 15.9 Å². The van der Waals surface area contributed by atoms with Crippen LogP contribution in [0.3, 0.4) is 0 Å². The van der Waals surface area contributed by atoms with E-state index in [0.29, 0.717) is 36.3 Å². The fourth-order valence-corrected chi connectivity index (χ4v) is 4.30. The molecule has 0 unspecified atom stereocenters. The molecule has 1 saturated heterocycles. The minimum atomic E-state index is -3.42. The Kier molecular flexibility index (Phi) is 4.81. The molecule has 124 valence electrons. The zero-order chi connectivity index (χ0) is 16.4. The van der Waals surface area contributed by atoms with Crippen LogP contribution in [0.1, 0.15) is 11.8 Å². The predicted molar refractivity (Wildman–Crippen MR) is 86.3 cm³/mol. The van der Waals surface area contributed by atoms with Crippen molar-refractivity contribution in [2.45, 2.75) is 18.4 Å². The lowest BCUT2D eigenvalue weighted by atomic mass is 10.3. The summed E-state index contributed by atoms with van der Waals surface area (Å²) in [5, 5.41) is 7.80. The summed E-state index contributed by atoms with van der Waals surface area (Å²) < 4.78 is 33.0. The standard InChI is InChI=1S/C14H17BrN4O3S/c1-11-16-17-14(22-11)10-18-6-8-19(9-7-18)23(20,21)13-4-2-12(15)3-5-13/h2-5H,6-10H2,1H3/p+1. The van der Waals surface area contributed by atoms with Gasteiger partial charge in [-0.2, -0.15) is 4.31 Å². The number of aromatic nitrogens is 2. The highest BCUT2D eigenvalue weighted by Gasteiger charge is 2.30. The summed E-state index contributed by atoms with van der Waals surface area (Å²) in [6, 6.07) is 6.73. The van der Waals surface area contributed by atoms with Crippen LogP contribution < -0.4 is 4.90 Å². The Hall–Kier alpha value is -1.29. The van der Waals surface area contributed by atoms with Crippen LogP contribution in [-0.2, 0) is 16.6 Å². The van der Waals surface area contributed by atoms with Crippen LogP contribution in [0, 0.1) is 6.92 Å². The third-order valence-electron chi connectivity index (χ3n) is 3.85. The molecular weight excluding hydrogens is 384 g/mol. The molecule has 0 radical (unpaired) electrons. The first-order valence-electron chi connectivity index (χ1n) is 7.33. The summed E-state index contributed by atoms with van der Waals surface area (Å²) in [6.07, 6.45) is 0. The number of benzene rings is 1. The molecule has 0 bridgehead atoms. The molecule has 1 aliphatic heterocycles. The molecule has 9 heteroatoms. The van der Waals surface area contributed by atoms with Crippen molar-refractivity contribution in [3.8, 4) is 0 Å². The molecule has 1 aliphatic rings. The number of piperazine rings is 1. The van der Waals surface area contributed by atoms with E-state index in [4.69, 9.17) is 4.42 Å². The van der Waals surface area contributed by atoms with Gasteiger partial charge in [-0.3, -0.25) is 0 Å². The molecule has 3 rings (SSSR count). The van der Waals surface area contributed by atoms with Gasteiger partial charge >= 0.3 is 0 Å². The van der Waals surface area contributed by atoms with Crippen LogP contribution in [0.25, 0.3) is 0 Å². The van der Waals surface area contributed by atoms with Crippen molar-refractivity contribution < 1.29 is 17.7 Å². The highest BCUT2D eigenvalue weighted by Crippen LogP contribution is 2.18. The molecular formula is C14H18BrN4O3S+. The van der Waals surface area contributed by atoms with E-state index >= 15 is 0 Å².